The Labute approximate surface area is 122 Å². The van der Waals surface area contributed by atoms with Crippen LogP contribution in [0.2, 0.25) is 0 Å². The Morgan fingerprint density at radius 3 is 2.76 bits per heavy atom. The number of rotatable bonds is 6. The quantitative estimate of drug-likeness (QED) is 0.803. The Kier molecular flexibility index (Phi) is 4.77. The van der Waals surface area contributed by atoms with Gasteiger partial charge in [0.05, 0.1) is 0 Å². The molecule has 4 nitrogen and oxygen atoms in total. The normalized spacial score (nSPS) is 10.2. The van der Waals surface area contributed by atoms with Crippen molar-refractivity contribution in [3.8, 4) is 5.75 Å². The fourth-order valence-electron chi connectivity index (χ4n) is 1.97. The number of amides is 1. The van der Waals surface area contributed by atoms with Crippen molar-refractivity contribution in [2.45, 2.75) is 6.92 Å². The number of primary amides is 1. The SMILES string of the molecule is Cc1cc(NCCOc2cccc(F)c2)ccc1C(N)=O. The van der Waals surface area contributed by atoms with E-state index in [1.165, 1.54) is 12.1 Å². The summed E-state index contributed by atoms with van der Waals surface area (Å²) in [5, 5.41) is 3.17. The van der Waals surface area contributed by atoms with Gasteiger partial charge in [-0.25, -0.2) is 4.39 Å². The van der Waals surface area contributed by atoms with E-state index < -0.39 is 5.91 Å². The number of nitrogens with two attached hydrogens (primary N) is 1. The molecule has 2 rings (SSSR count). The first-order valence-electron chi connectivity index (χ1n) is 6.59. The first kappa shape index (κ1) is 14.8. The first-order valence-corrected chi connectivity index (χ1v) is 6.59. The van der Waals surface area contributed by atoms with Gasteiger partial charge >= 0.3 is 0 Å². The molecular weight excluding hydrogens is 271 g/mol. The second-order valence-corrected chi connectivity index (χ2v) is 4.63. The second kappa shape index (κ2) is 6.74. The molecule has 0 saturated heterocycles. The Morgan fingerprint density at radius 2 is 2.10 bits per heavy atom. The third-order valence-electron chi connectivity index (χ3n) is 2.99. The molecule has 0 fully saturated rings. The fourth-order valence-corrected chi connectivity index (χ4v) is 1.97. The maximum absolute atomic E-state index is 13.0. The van der Waals surface area contributed by atoms with Gasteiger partial charge in [-0.3, -0.25) is 4.79 Å². The molecule has 110 valence electrons. The van der Waals surface area contributed by atoms with Crippen molar-refractivity contribution in [2.75, 3.05) is 18.5 Å². The smallest absolute Gasteiger partial charge is 0.248 e. The highest BCUT2D eigenvalue weighted by Gasteiger charge is 2.05. The van der Waals surface area contributed by atoms with E-state index in [1.54, 1.807) is 24.3 Å². The van der Waals surface area contributed by atoms with Gasteiger partial charge in [0.1, 0.15) is 18.2 Å². The molecule has 0 aliphatic rings. The minimum absolute atomic E-state index is 0.321. The Hall–Kier alpha value is -2.56. The van der Waals surface area contributed by atoms with Gasteiger partial charge in [-0.05, 0) is 42.8 Å². The van der Waals surface area contributed by atoms with Gasteiger partial charge in [-0.1, -0.05) is 6.07 Å². The summed E-state index contributed by atoms with van der Waals surface area (Å²) in [4.78, 5) is 11.1. The van der Waals surface area contributed by atoms with Crippen molar-refractivity contribution in [1.82, 2.24) is 0 Å². The Morgan fingerprint density at radius 1 is 1.29 bits per heavy atom. The summed E-state index contributed by atoms with van der Waals surface area (Å²) in [5.74, 6) is -0.260. The van der Waals surface area contributed by atoms with E-state index in [1.807, 2.05) is 13.0 Å². The number of anilines is 1. The molecule has 0 saturated carbocycles. The van der Waals surface area contributed by atoms with Gasteiger partial charge in [0.15, 0.2) is 0 Å². The van der Waals surface area contributed by atoms with Crippen molar-refractivity contribution in [1.29, 1.82) is 0 Å². The first-order chi connectivity index (χ1) is 10.1. The zero-order valence-corrected chi connectivity index (χ0v) is 11.7. The molecule has 3 N–H and O–H groups in total. The zero-order chi connectivity index (χ0) is 15.2. The van der Waals surface area contributed by atoms with Crippen LogP contribution in [0.15, 0.2) is 42.5 Å². The molecule has 0 spiro atoms. The summed E-state index contributed by atoms with van der Waals surface area (Å²) in [6, 6.07) is 11.3. The molecule has 0 aliphatic heterocycles. The van der Waals surface area contributed by atoms with E-state index in [2.05, 4.69) is 5.32 Å². The van der Waals surface area contributed by atoms with Crippen LogP contribution in [-0.2, 0) is 0 Å². The molecule has 2 aromatic rings. The number of halogens is 1. The predicted molar refractivity (Wildman–Crippen MR) is 80.1 cm³/mol. The topological polar surface area (TPSA) is 64.3 Å². The number of nitrogens with one attached hydrogen (secondary N) is 1. The van der Waals surface area contributed by atoms with Crippen molar-refractivity contribution >= 4 is 11.6 Å². The molecule has 0 aliphatic carbocycles. The molecule has 0 unspecified atom stereocenters. The average Bonchev–Trinajstić information content (AvgIpc) is 2.43. The molecule has 2 aromatic carbocycles. The van der Waals surface area contributed by atoms with Gasteiger partial charge in [-0.2, -0.15) is 0 Å². The molecule has 21 heavy (non-hydrogen) atoms. The maximum Gasteiger partial charge on any atom is 0.248 e. The van der Waals surface area contributed by atoms with Crippen molar-refractivity contribution < 1.29 is 13.9 Å². The number of ether oxygens (including phenoxy) is 1. The van der Waals surface area contributed by atoms with Gasteiger partial charge < -0.3 is 15.8 Å². The summed E-state index contributed by atoms with van der Waals surface area (Å²) in [5.41, 5.74) is 7.46. The third-order valence-corrected chi connectivity index (χ3v) is 2.99. The summed E-state index contributed by atoms with van der Waals surface area (Å²) >= 11 is 0. The number of benzene rings is 2. The van der Waals surface area contributed by atoms with Crippen LogP contribution in [0, 0.1) is 12.7 Å². The van der Waals surface area contributed by atoms with E-state index in [4.69, 9.17) is 10.5 Å². The van der Waals surface area contributed by atoms with Crippen LogP contribution in [0.3, 0.4) is 0 Å². The van der Waals surface area contributed by atoms with Crippen LogP contribution in [0.5, 0.6) is 5.75 Å². The summed E-state index contributed by atoms with van der Waals surface area (Å²) in [7, 11) is 0. The maximum atomic E-state index is 13.0. The minimum Gasteiger partial charge on any atom is -0.492 e. The van der Waals surface area contributed by atoms with Crippen LogP contribution in [-0.4, -0.2) is 19.1 Å². The lowest BCUT2D eigenvalue weighted by molar-refractivity contribution is 0.0999. The third kappa shape index (κ3) is 4.21. The van der Waals surface area contributed by atoms with Crippen LogP contribution in [0.25, 0.3) is 0 Å². The lowest BCUT2D eigenvalue weighted by atomic mass is 10.1. The fraction of sp³-hybridized carbons (Fsp3) is 0.188. The molecule has 0 radical (unpaired) electrons. The van der Waals surface area contributed by atoms with Crippen molar-refractivity contribution in [3.05, 3.63) is 59.4 Å². The van der Waals surface area contributed by atoms with E-state index in [9.17, 15) is 9.18 Å². The molecule has 0 atom stereocenters. The summed E-state index contributed by atoms with van der Waals surface area (Å²) in [6.07, 6.45) is 0. The number of carbonyl (C=O) groups excluding carboxylic acids is 1. The molecule has 0 bridgehead atoms. The highest BCUT2D eigenvalue weighted by molar-refractivity contribution is 5.94. The van der Waals surface area contributed by atoms with E-state index >= 15 is 0 Å². The van der Waals surface area contributed by atoms with Gasteiger partial charge in [0.2, 0.25) is 5.91 Å². The molecule has 0 heterocycles. The minimum atomic E-state index is -0.437. The number of hydrogen-bond acceptors (Lipinski definition) is 3. The zero-order valence-electron chi connectivity index (χ0n) is 11.7. The standard InChI is InChI=1S/C16H17FN2O2/c1-11-9-13(5-6-15(11)16(18)20)19-7-8-21-14-4-2-3-12(17)10-14/h2-6,9-10,19H,7-8H2,1H3,(H2,18,20). The van der Waals surface area contributed by atoms with E-state index in [0.717, 1.165) is 11.3 Å². The van der Waals surface area contributed by atoms with Crippen molar-refractivity contribution in [3.63, 3.8) is 0 Å². The van der Waals surface area contributed by atoms with Crippen molar-refractivity contribution in [2.24, 2.45) is 5.73 Å². The highest BCUT2D eigenvalue weighted by Crippen LogP contribution is 2.15. The van der Waals surface area contributed by atoms with Gasteiger partial charge in [0.25, 0.3) is 0 Å². The van der Waals surface area contributed by atoms with Crippen LogP contribution in [0.1, 0.15) is 15.9 Å². The summed E-state index contributed by atoms with van der Waals surface area (Å²) in [6.45, 7) is 2.79. The highest BCUT2D eigenvalue weighted by atomic mass is 19.1. The predicted octanol–water partition coefficient (Wildman–Crippen LogP) is 2.72. The van der Waals surface area contributed by atoms with Gasteiger partial charge in [-0.15, -0.1) is 0 Å². The Balaban J connectivity index is 1.84. The lowest BCUT2D eigenvalue weighted by Crippen LogP contribution is -2.14. The molecular formula is C16H17FN2O2. The monoisotopic (exact) mass is 288 g/mol. The van der Waals surface area contributed by atoms with E-state index in [-0.39, 0.29) is 5.82 Å². The molecule has 1 amide bonds. The number of carbonyl (C=O) groups is 1. The van der Waals surface area contributed by atoms with Crippen LogP contribution >= 0.6 is 0 Å². The largest absolute Gasteiger partial charge is 0.492 e. The second-order valence-electron chi connectivity index (χ2n) is 4.63. The lowest BCUT2D eigenvalue weighted by Gasteiger charge is -2.10. The van der Waals surface area contributed by atoms with Gasteiger partial charge in [0, 0.05) is 23.9 Å². The molecule has 0 aromatic heterocycles. The summed E-state index contributed by atoms with van der Waals surface area (Å²) < 4.78 is 18.4. The number of aryl methyl sites for hydroxylation is 1. The van der Waals surface area contributed by atoms with Crippen LogP contribution in [0.4, 0.5) is 10.1 Å². The Bertz CT molecular complexity index is 644. The van der Waals surface area contributed by atoms with E-state index in [0.29, 0.717) is 24.5 Å². The average molecular weight is 288 g/mol. The number of hydrogen-bond donors (Lipinski definition) is 2. The molecule has 5 heteroatoms. The van der Waals surface area contributed by atoms with Crippen LogP contribution < -0.4 is 15.8 Å².